The third-order valence-corrected chi connectivity index (χ3v) is 1.25. The van der Waals surface area contributed by atoms with E-state index in [9.17, 15) is 8.78 Å². The molecule has 0 saturated heterocycles. The fourth-order valence-electron chi connectivity index (χ4n) is 0.709. The maximum Gasteiger partial charge on any atom is 0.255 e. The van der Waals surface area contributed by atoms with Gasteiger partial charge in [-0.25, -0.2) is 13.8 Å². The molecular formula is C7H9F2N3O. The van der Waals surface area contributed by atoms with Crippen LogP contribution in [0, 0.1) is 0 Å². The normalized spacial score (nSPS) is 10.2. The Morgan fingerprint density at radius 3 is 3.00 bits per heavy atom. The van der Waals surface area contributed by atoms with Crippen LogP contribution in [-0.2, 0) is 0 Å². The van der Waals surface area contributed by atoms with Crippen molar-refractivity contribution in [3.63, 3.8) is 0 Å². The Morgan fingerprint density at radius 2 is 2.38 bits per heavy atom. The molecule has 1 aromatic heterocycles. The molecule has 4 nitrogen and oxygen atoms in total. The average molecular weight is 189 g/mol. The van der Waals surface area contributed by atoms with Gasteiger partial charge in [0.05, 0.1) is 13.7 Å². The fourth-order valence-corrected chi connectivity index (χ4v) is 0.709. The Morgan fingerprint density at radius 1 is 1.62 bits per heavy atom. The number of alkyl halides is 2. The molecule has 0 radical (unpaired) electrons. The Hall–Kier alpha value is -1.46. The zero-order valence-corrected chi connectivity index (χ0v) is 7.00. The van der Waals surface area contributed by atoms with Gasteiger partial charge in [0.1, 0.15) is 0 Å². The number of rotatable bonds is 4. The molecule has 6 heteroatoms. The van der Waals surface area contributed by atoms with E-state index < -0.39 is 13.0 Å². The van der Waals surface area contributed by atoms with Gasteiger partial charge in [-0.05, 0) is 0 Å². The molecule has 0 aromatic carbocycles. The van der Waals surface area contributed by atoms with Crippen LogP contribution < -0.4 is 10.1 Å². The lowest BCUT2D eigenvalue weighted by Crippen LogP contribution is -2.12. The second-order valence-electron chi connectivity index (χ2n) is 2.19. The summed E-state index contributed by atoms with van der Waals surface area (Å²) in [5.74, 6) is 0.478. The summed E-state index contributed by atoms with van der Waals surface area (Å²) < 4.78 is 28.3. The highest BCUT2D eigenvalue weighted by Crippen LogP contribution is 2.07. The van der Waals surface area contributed by atoms with E-state index in [-0.39, 0.29) is 5.95 Å². The fraction of sp³-hybridized carbons (Fsp3) is 0.429. The lowest BCUT2D eigenvalue weighted by atomic mass is 10.6. The predicted octanol–water partition coefficient (Wildman–Crippen LogP) is 1.16. The van der Waals surface area contributed by atoms with Crippen molar-refractivity contribution in [2.45, 2.75) is 6.43 Å². The molecule has 0 fully saturated rings. The van der Waals surface area contributed by atoms with Crippen LogP contribution in [0.1, 0.15) is 0 Å². The number of ether oxygens (including phenoxy) is 1. The van der Waals surface area contributed by atoms with Crippen molar-refractivity contribution in [3.05, 3.63) is 12.3 Å². The second-order valence-corrected chi connectivity index (χ2v) is 2.19. The summed E-state index contributed by atoms with van der Waals surface area (Å²) >= 11 is 0. The van der Waals surface area contributed by atoms with Gasteiger partial charge >= 0.3 is 0 Å². The maximum atomic E-state index is 11.8. The van der Waals surface area contributed by atoms with Crippen molar-refractivity contribution in [3.8, 4) is 5.88 Å². The van der Waals surface area contributed by atoms with E-state index in [0.717, 1.165) is 0 Å². The highest BCUT2D eigenvalue weighted by molar-refractivity contribution is 5.27. The molecule has 0 saturated carbocycles. The van der Waals surface area contributed by atoms with E-state index in [2.05, 4.69) is 15.3 Å². The lowest BCUT2D eigenvalue weighted by Gasteiger charge is -2.04. The number of methoxy groups -OCH3 is 1. The number of nitrogens with zero attached hydrogens (tertiary/aromatic N) is 2. The second kappa shape index (κ2) is 4.54. The molecule has 72 valence electrons. The van der Waals surface area contributed by atoms with Gasteiger partial charge in [0.2, 0.25) is 11.8 Å². The molecule has 1 heterocycles. The molecule has 1 N–H and O–H groups in total. The molecular weight excluding hydrogens is 180 g/mol. The van der Waals surface area contributed by atoms with Crippen molar-refractivity contribution in [1.82, 2.24) is 9.97 Å². The van der Waals surface area contributed by atoms with Gasteiger partial charge in [-0.3, -0.25) is 0 Å². The Balaban J connectivity index is 2.56. The van der Waals surface area contributed by atoms with Crippen molar-refractivity contribution in [2.24, 2.45) is 0 Å². The predicted molar refractivity (Wildman–Crippen MR) is 43.1 cm³/mol. The van der Waals surface area contributed by atoms with Gasteiger partial charge in [-0.2, -0.15) is 4.98 Å². The summed E-state index contributed by atoms with van der Waals surface area (Å²) in [5.41, 5.74) is 0. The number of aromatic nitrogens is 2. The van der Waals surface area contributed by atoms with E-state index in [1.807, 2.05) is 0 Å². The van der Waals surface area contributed by atoms with Gasteiger partial charge in [0.15, 0.2) is 0 Å². The van der Waals surface area contributed by atoms with Crippen molar-refractivity contribution in [1.29, 1.82) is 0 Å². The molecule has 0 spiro atoms. The third kappa shape index (κ3) is 3.18. The first-order valence-corrected chi connectivity index (χ1v) is 3.61. The summed E-state index contributed by atoms with van der Waals surface area (Å²) in [6.07, 6.45) is -0.991. The van der Waals surface area contributed by atoms with Gasteiger partial charge in [0.25, 0.3) is 6.43 Å². The maximum absolute atomic E-state index is 11.8. The van der Waals surface area contributed by atoms with Gasteiger partial charge in [-0.15, -0.1) is 0 Å². The van der Waals surface area contributed by atoms with Gasteiger partial charge in [-0.1, -0.05) is 0 Å². The first-order chi connectivity index (χ1) is 6.22. The quantitative estimate of drug-likeness (QED) is 0.772. The van der Waals surface area contributed by atoms with E-state index >= 15 is 0 Å². The molecule has 13 heavy (non-hydrogen) atoms. The molecule has 0 unspecified atom stereocenters. The van der Waals surface area contributed by atoms with E-state index in [0.29, 0.717) is 5.88 Å². The van der Waals surface area contributed by atoms with Crippen LogP contribution in [0.5, 0.6) is 5.88 Å². The minimum absolute atomic E-state index is 0.139. The van der Waals surface area contributed by atoms with Crippen LogP contribution in [-0.4, -0.2) is 30.0 Å². The van der Waals surface area contributed by atoms with Crippen molar-refractivity contribution >= 4 is 5.95 Å². The minimum Gasteiger partial charge on any atom is -0.481 e. The monoisotopic (exact) mass is 189 g/mol. The molecule has 0 atom stereocenters. The lowest BCUT2D eigenvalue weighted by molar-refractivity contribution is 0.163. The van der Waals surface area contributed by atoms with Gasteiger partial charge < -0.3 is 10.1 Å². The standard InChI is InChI=1S/C7H9F2N3O/c1-13-6-2-3-10-7(12-6)11-4-5(8)9/h2-3,5H,4H2,1H3,(H,10,11,12). The number of hydrogen-bond acceptors (Lipinski definition) is 4. The molecule has 1 aromatic rings. The van der Waals surface area contributed by atoms with E-state index in [1.165, 1.54) is 19.4 Å². The summed E-state index contributed by atoms with van der Waals surface area (Å²) in [6, 6.07) is 1.54. The summed E-state index contributed by atoms with van der Waals surface area (Å²) in [5, 5.41) is 2.37. The smallest absolute Gasteiger partial charge is 0.255 e. The van der Waals surface area contributed by atoms with Crippen LogP contribution in [0.2, 0.25) is 0 Å². The number of anilines is 1. The first-order valence-electron chi connectivity index (χ1n) is 3.61. The van der Waals surface area contributed by atoms with Crippen molar-refractivity contribution < 1.29 is 13.5 Å². The number of nitrogens with one attached hydrogen (secondary N) is 1. The summed E-state index contributed by atoms with van der Waals surface area (Å²) in [6.45, 7) is -0.465. The van der Waals surface area contributed by atoms with Crippen LogP contribution in [0.15, 0.2) is 12.3 Å². The SMILES string of the molecule is COc1ccnc(NCC(F)F)n1. The topological polar surface area (TPSA) is 47.0 Å². The molecule has 0 aliphatic rings. The highest BCUT2D eigenvalue weighted by atomic mass is 19.3. The molecule has 0 amide bonds. The van der Waals surface area contributed by atoms with Crippen LogP contribution >= 0.6 is 0 Å². The van der Waals surface area contributed by atoms with E-state index in [1.54, 1.807) is 0 Å². The van der Waals surface area contributed by atoms with E-state index in [4.69, 9.17) is 4.74 Å². The highest BCUT2D eigenvalue weighted by Gasteiger charge is 2.03. The summed E-state index contributed by atoms with van der Waals surface area (Å²) in [7, 11) is 1.44. The molecule has 0 aliphatic heterocycles. The Labute approximate surface area is 74.0 Å². The Kier molecular flexibility index (Phi) is 3.36. The number of hydrogen-bond donors (Lipinski definition) is 1. The third-order valence-electron chi connectivity index (χ3n) is 1.25. The van der Waals surface area contributed by atoms with Crippen LogP contribution in [0.25, 0.3) is 0 Å². The van der Waals surface area contributed by atoms with Gasteiger partial charge in [0, 0.05) is 12.3 Å². The van der Waals surface area contributed by atoms with Crippen LogP contribution in [0.3, 0.4) is 0 Å². The minimum atomic E-state index is -2.42. The molecule has 0 bridgehead atoms. The van der Waals surface area contributed by atoms with Crippen molar-refractivity contribution in [2.75, 3.05) is 19.0 Å². The zero-order chi connectivity index (χ0) is 9.68. The summed E-state index contributed by atoms with van der Waals surface area (Å²) in [4.78, 5) is 7.51. The molecule has 1 rings (SSSR count). The van der Waals surface area contributed by atoms with Crippen LogP contribution in [0.4, 0.5) is 14.7 Å². The zero-order valence-electron chi connectivity index (χ0n) is 7.00. The first kappa shape index (κ1) is 9.63. The molecule has 0 aliphatic carbocycles. The largest absolute Gasteiger partial charge is 0.481 e. The number of halogens is 2. The Bertz CT molecular complexity index is 270. The average Bonchev–Trinajstić information content (AvgIpc) is 2.15.